The van der Waals surface area contributed by atoms with Crippen molar-refractivity contribution in [1.29, 1.82) is 0 Å². The highest BCUT2D eigenvalue weighted by Crippen LogP contribution is 2.15. The molecule has 0 fully saturated rings. The summed E-state index contributed by atoms with van der Waals surface area (Å²) in [6.07, 6.45) is 10.3. The summed E-state index contributed by atoms with van der Waals surface area (Å²) < 4.78 is 3.45. The number of terminal acetylenes is 1. The average molecular weight is 322 g/mol. The molecule has 0 aliphatic carbocycles. The van der Waals surface area contributed by atoms with Crippen LogP contribution in [0.15, 0.2) is 33.9 Å². The largest absolute Gasteiger partial charge is 0.381 e. The van der Waals surface area contributed by atoms with Gasteiger partial charge in [0.05, 0.1) is 18.4 Å². The number of hydrogen-bond acceptors (Lipinski definition) is 4. The first-order chi connectivity index (χ1) is 9.22. The molecule has 98 valence electrons. The molecule has 6 nitrogen and oxygen atoms in total. The molecule has 0 atom stereocenters. The zero-order valence-electron chi connectivity index (χ0n) is 10.1. The Morgan fingerprint density at radius 2 is 2.32 bits per heavy atom. The van der Waals surface area contributed by atoms with Crippen LogP contribution in [0.3, 0.4) is 0 Å². The highest BCUT2D eigenvalue weighted by Gasteiger charge is 2.07. The number of nitrogens with one attached hydrogen (secondary N) is 1. The highest BCUT2D eigenvalue weighted by molar-refractivity contribution is 9.10. The summed E-state index contributed by atoms with van der Waals surface area (Å²) in [7, 11) is 0. The first-order valence-electron chi connectivity index (χ1n) is 5.62. The predicted molar refractivity (Wildman–Crippen MR) is 75.7 cm³/mol. The van der Waals surface area contributed by atoms with Gasteiger partial charge >= 0.3 is 0 Å². The van der Waals surface area contributed by atoms with E-state index in [1.54, 1.807) is 17.1 Å². The number of anilines is 1. The Morgan fingerprint density at radius 3 is 3.00 bits per heavy atom. The second-order valence-electron chi connectivity index (χ2n) is 3.74. The quantitative estimate of drug-likeness (QED) is 0.833. The summed E-state index contributed by atoms with van der Waals surface area (Å²) in [5.74, 6) is 2.38. The van der Waals surface area contributed by atoms with Crippen molar-refractivity contribution in [2.75, 3.05) is 11.9 Å². The molecule has 19 heavy (non-hydrogen) atoms. The fourth-order valence-corrected chi connectivity index (χ4v) is 1.97. The average Bonchev–Trinajstić information content (AvgIpc) is 2.91. The molecular formula is C12H12BrN5O. The molecule has 0 saturated carbocycles. The van der Waals surface area contributed by atoms with E-state index in [0.717, 1.165) is 0 Å². The van der Waals surface area contributed by atoms with Gasteiger partial charge in [-0.05, 0) is 22.0 Å². The van der Waals surface area contributed by atoms with E-state index < -0.39 is 0 Å². The Morgan fingerprint density at radius 1 is 1.47 bits per heavy atom. The molecule has 0 spiro atoms. The second-order valence-corrected chi connectivity index (χ2v) is 4.53. The van der Waals surface area contributed by atoms with Gasteiger partial charge in [0.25, 0.3) is 5.56 Å². The first-order valence-corrected chi connectivity index (χ1v) is 6.42. The number of aromatic nitrogens is 4. The van der Waals surface area contributed by atoms with Crippen molar-refractivity contribution in [1.82, 2.24) is 19.6 Å². The van der Waals surface area contributed by atoms with Gasteiger partial charge in [0.2, 0.25) is 0 Å². The minimum Gasteiger partial charge on any atom is -0.381 e. The molecule has 0 radical (unpaired) electrons. The molecule has 0 amide bonds. The van der Waals surface area contributed by atoms with Crippen molar-refractivity contribution in [2.24, 2.45) is 0 Å². The fraction of sp³-hybridized carbons (Fsp3) is 0.250. The van der Waals surface area contributed by atoms with Crippen molar-refractivity contribution in [3.05, 3.63) is 39.5 Å². The third-order valence-electron chi connectivity index (χ3n) is 2.44. The fourth-order valence-electron chi connectivity index (χ4n) is 1.53. The van der Waals surface area contributed by atoms with Crippen LogP contribution in [0.1, 0.15) is 0 Å². The number of hydrogen-bond donors (Lipinski definition) is 1. The Kier molecular flexibility index (Phi) is 4.36. The summed E-state index contributed by atoms with van der Waals surface area (Å²) in [6.45, 7) is 1.50. The summed E-state index contributed by atoms with van der Waals surface area (Å²) in [5, 5.41) is 11.2. The lowest BCUT2D eigenvalue weighted by Gasteiger charge is -2.09. The van der Waals surface area contributed by atoms with Gasteiger partial charge in [-0.1, -0.05) is 5.92 Å². The monoisotopic (exact) mass is 321 g/mol. The SMILES string of the molecule is C#CCn1ncc(NCCn2cccn2)c(Br)c1=O. The standard InChI is InChI=1S/C12H12BrN5O/c1-2-6-18-12(19)11(13)10(9-16-18)14-5-8-17-7-3-4-15-17/h1,3-4,7,9,14H,5-6,8H2. The molecule has 2 rings (SSSR count). The molecule has 0 unspecified atom stereocenters. The Hall–Kier alpha value is -2.07. The van der Waals surface area contributed by atoms with E-state index in [2.05, 4.69) is 37.4 Å². The van der Waals surface area contributed by atoms with Crippen LogP contribution in [0.2, 0.25) is 0 Å². The molecule has 0 aliphatic rings. The van der Waals surface area contributed by atoms with Gasteiger partial charge in [-0.3, -0.25) is 9.48 Å². The Bertz CT molecular complexity index is 641. The lowest BCUT2D eigenvalue weighted by Crippen LogP contribution is -2.24. The predicted octanol–water partition coefficient (Wildman–Crippen LogP) is 0.948. The first kappa shape index (κ1) is 13.4. The summed E-state index contributed by atoms with van der Waals surface area (Å²) >= 11 is 3.25. The molecule has 0 aromatic carbocycles. The Balaban J connectivity index is 2.03. The third kappa shape index (κ3) is 3.23. The highest BCUT2D eigenvalue weighted by atomic mass is 79.9. The molecular weight excluding hydrogens is 310 g/mol. The van der Waals surface area contributed by atoms with Crippen molar-refractivity contribution in [2.45, 2.75) is 13.1 Å². The maximum absolute atomic E-state index is 11.9. The zero-order valence-corrected chi connectivity index (χ0v) is 11.7. The van der Waals surface area contributed by atoms with Crippen molar-refractivity contribution in [3.8, 4) is 12.3 Å². The van der Waals surface area contributed by atoms with Crippen molar-refractivity contribution < 1.29 is 0 Å². The van der Waals surface area contributed by atoms with Gasteiger partial charge in [0.1, 0.15) is 11.0 Å². The van der Waals surface area contributed by atoms with Gasteiger partial charge in [-0.2, -0.15) is 10.2 Å². The van der Waals surface area contributed by atoms with Crippen LogP contribution >= 0.6 is 15.9 Å². The number of halogens is 1. The van der Waals surface area contributed by atoms with E-state index in [-0.39, 0.29) is 12.1 Å². The second kappa shape index (κ2) is 6.20. The van der Waals surface area contributed by atoms with E-state index in [4.69, 9.17) is 6.42 Å². The van der Waals surface area contributed by atoms with Crippen LogP contribution in [-0.2, 0) is 13.1 Å². The van der Waals surface area contributed by atoms with Crippen LogP contribution in [0.5, 0.6) is 0 Å². The summed E-state index contributed by atoms with van der Waals surface area (Å²) in [4.78, 5) is 11.9. The molecule has 1 N–H and O–H groups in total. The molecule has 2 heterocycles. The van der Waals surface area contributed by atoms with Crippen LogP contribution < -0.4 is 10.9 Å². The van der Waals surface area contributed by atoms with Crippen LogP contribution in [0.25, 0.3) is 0 Å². The van der Waals surface area contributed by atoms with Gasteiger partial charge in [0, 0.05) is 18.9 Å². The zero-order chi connectivity index (χ0) is 13.7. The van der Waals surface area contributed by atoms with E-state index >= 15 is 0 Å². The smallest absolute Gasteiger partial charge is 0.284 e. The van der Waals surface area contributed by atoms with Crippen LogP contribution in [0.4, 0.5) is 5.69 Å². The maximum atomic E-state index is 11.9. The van der Waals surface area contributed by atoms with Gasteiger partial charge in [0.15, 0.2) is 0 Å². The van der Waals surface area contributed by atoms with Crippen LogP contribution in [0, 0.1) is 12.3 Å². The summed E-state index contributed by atoms with van der Waals surface area (Å²) in [5.41, 5.74) is 0.396. The molecule has 2 aromatic rings. The van der Waals surface area contributed by atoms with Gasteiger partial charge in [-0.15, -0.1) is 6.42 Å². The molecule has 2 aromatic heterocycles. The lowest BCUT2D eigenvalue weighted by molar-refractivity contribution is 0.634. The molecule has 0 bridgehead atoms. The molecule has 7 heteroatoms. The minimum atomic E-state index is -0.248. The van der Waals surface area contributed by atoms with E-state index in [1.807, 2.05) is 12.3 Å². The summed E-state index contributed by atoms with van der Waals surface area (Å²) in [6, 6.07) is 1.86. The van der Waals surface area contributed by atoms with Gasteiger partial charge in [-0.25, -0.2) is 4.68 Å². The minimum absolute atomic E-state index is 0.158. The van der Waals surface area contributed by atoms with E-state index in [1.165, 1.54) is 4.68 Å². The van der Waals surface area contributed by atoms with E-state index in [0.29, 0.717) is 23.2 Å². The number of nitrogens with zero attached hydrogens (tertiary/aromatic N) is 4. The van der Waals surface area contributed by atoms with Crippen LogP contribution in [-0.4, -0.2) is 26.1 Å². The lowest BCUT2D eigenvalue weighted by atomic mass is 10.4. The Labute approximate surface area is 118 Å². The van der Waals surface area contributed by atoms with Crippen molar-refractivity contribution >= 4 is 21.6 Å². The normalized spacial score (nSPS) is 10.1. The number of rotatable bonds is 5. The third-order valence-corrected chi connectivity index (χ3v) is 3.21. The topological polar surface area (TPSA) is 64.7 Å². The van der Waals surface area contributed by atoms with E-state index in [9.17, 15) is 4.79 Å². The molecule has 0 saturated heterocycles. The maximum Gasteiger partial charge on any atom is 0.284 e. The molecule has 0 aliphatic heterocycles. The van der Waals surface area contributed by atoms with Crippen molar-refractivity contribution in [3.63, 3.8) is 0 Å². The van der Waals surface area contributed by atoms with Gasteiger partial charge < -0.3 is 5.32 Å².